The molecule has 0 radical (unpaired) electrons. The number of nitrogens with zero attached hydrogens (tertiary/aromatic N) is 3. The van der Waals surface area contributed by atoms with E-state index in [4.69, 9.17) is 4.74 Å². The van der Waals surface area contributed by atoms with Gasteiger partial charge in [0.2, 0.25) is 0 Å². The van der Waals surface area contributed by atoms with E-state index in [1.165, 1.54) is 4.88 Å². The van der Waals surface area contributed by atoms with E-state index in [9.17, 15) is 0 Å². The lowest BCUT2D eigenvalue weighted by Crippen LogP contribution is -1.99. The predicted octanol–water partition coefficient (Wildman–Crippen LogP) is 7.11. The molecule has 1 N–H and O–H groups in total. The highest BCUT2D eigenvalue weighted by Gasteiger charge is 2.08. The third-order valence-corrected chi connectivity index (χ3v) is 5.70. The van der Waals surface area contributed by atoms with Gasteiger partial charge in [-0.05, 0) is 60.8 Å². The van der Waals surface area contributed by atoms with Gasteiger partial charge in [0, 0.05) is 40.2 Å². The van der Waals surface area contributed by atoms with Crippen molar-refractivity contribution in [2.75, 3.05) is 5.32 Å². The first-order chi connectivity index (χ1) is 15.7. The van der Waals surface area contributed by atoms with Crippen LogP contribution in [0.25, 0.3) is 21.7 Å². The number of rotatable bonds is 6. The van der Waals surface area contributed by atoms with Crippen molar-refractivity contribution < 1.29 is 4.74 Å². The molecule has 0 saturated carbocycles. The van der Waals surface area contributed by atoms with Gasteiger partial charge in [0.05, 0.1) is 5.69 Å². The quantitative estimate of drug-likeness (QED) is 0.307. The van der Waals surface area contributed by atoms with Gasteiger partial charge in [0.1, 0.15) is 23.1 Å². The SMILES string of the molecule is Cc1nc(Nc2ccc(Oc3ccccc3)cc2)cc(-c2cncc(-c3cccs3)c2)n1. The maximum absolute atomic E-state index is 5.86. The van der Waals surface area contributed by atoms with E-state index in [0.29, 0.717) is 5.82 Å². The van der Waals surface area contributed by atoms with Crippen LogP contribution in [0.2, 0.25) is 0 Å². The van der Waals surface area contributed by atoms with Crippen LogP contribution in [0.5, 0.6) is 11.5 Å². The third-order valence-electron chi connectivity index (χ3n) is 4.78. The van der Waals surface area contributed by atoms with E-state index in [-0.39, 0.29) is 0 Å². The Balaban J connectivity index is 1.36. The van der Waals surface area contributed by atoms with Gasteiger partial charge in [-0.3, -0.25) is 4.98 Å². The second kappa shape index (κ2) is 8.99. The van der Waals surface area contributed by atoms with Gasteiger partial charge < -0.3 is 10.1 Å². The van der Waals surface area contributed by atoms with E-state index < -0.39 is 0 Å². The Labute approximate surface area is 190 Å². The zero-order chi connectivity index (χ0) is 21.8. The lowest BCUT2D eigenvalue weighted by molar-refractivity contribution is 0.483. The predicted molar refractivity (Wildman–Crippen MR) is 130 cm³/mol. The molecule has 0 bridgehead atoms. The van der Waals surface area contributed by atoms with E-state index >= 15 is 0 Å². The number of thiophene rings is 1. The highest BCUT2D eigenvalue weighted by Crippen LogP contribution is 2.29. The second-order valence-electron chi connectivity index (χ2n) is 7.19. The lowest BCUT2D eigenvalue weighted by atomic mass is 10.1. The van der Waals surface area contributed by atoms with E-state index in [2.05, 4.69) is 37.8 Å². The van der Waals surface area contributed by atoms with Gasteiger partial charge in [-0.15, -0.1) is 11.3 Å². The van der Waals surface area contributed by atoms with Crippen molar-refractivity contribution in [3.05, 3.63) is 102 Å². The van der Waals surface area contributed by atoms with Crippen molar-refractivity contribution in [3.8, 4) is 33.2 Å². The van der Waals surface area contributed by atoms with E-state index in [0.717, 1.165) is 39.8 Å². The Bertz CT molecular complexity index is 1320. The molecule has 3 heterocycles. The number of hydrogen-bond donors (Lipinski definition) is 1. The second-order valence-corrected chi connectivity index (χ2v) is 8.14. The van der Waals surface area contributed by atoms with Gasteiger partial charge in [-0.25, -0.2) is 9.97 Å². The summed E-state index contributed by atoms with van der Waals surface area (Å²) in [7, 11) is 0. The Morgan fingerprint density at radius 2 is 1.56 bits per heavy atom. The first-order valence-corrected chi connectivity index (χ1v) is 11.1. The fourth-order valence-corrected chi connectivity index (χ4v) is 4.02. The van der Waals surface area contributed by atoms with Crippen LogP contribution in [0.4, 0.5) is 11.5 Å². The number of hydrogen-bond acceptors (Lipinski definition) is 6. The van der Waals surface area contributed by atoms with Crippen LogP contribution in [0, 0.1) is 6.92 Å². The van der Waals surface area contributed by atoms with Crippen LogP contribution in [-0.4, -0.2) is 15.0 Å². The molecule has 0 aliphatic heterocycles. The van der Waals surface area contributed by atoms with E-state index in [1.54, 1.807) is 11.3 Å². The summed E-state index contributed by atoms with van der Waals surface area (Å²) in [5, 5.41) is 5.43. The summed E-state index contributed by atoms with van der Waals surface area (Å²) in [6.45, 7) is 1.89. The fourth-order valence-electron chi connectivity index (χ4n) is 3.32. The minimum Gasteiger partial charge on any atom is -0.457 e. The fraction of sp³-hybridized carbons (Fsp3) is 0.0385. The number of para-hydroxylation sites is 1. The molecule has 32 heavy (non-hydrogen) atoms. The van der Waals surface area contributed by atoms with Crippen molar-refractivity contribution >= 4 is 22.8 Å². The minimum atomic E-state index is 0.690. The average molecular weight is 437 g/mol. The molecule has 0 aliphatic rings. The lowest BCUT2D eigenvalue weighted by Gasteiger charge is -2.10. The van der Waals surface area contributed by atoms with Crippen LogP contribution >= 0.6 is 11.3 Å². The summed E-state index contributed by atoms with van der Waals surface area (Å²) in [6.07, 6.45) is 3.71. The Morgan fingerprint density at radius 1 is 0.781 bits per heavy atom. The molecule has 3 aromatic heterocycles. The zero-order valence-electron chi connectivity index (χ0n) is 17.4. The standard InChI is InChI=1S/C26H20N4OS/c1-18-28-24(19-14-20(17-27-16-19)25-8-5-13-32-25)15-26(29-18)30-21-9-11-23(12-10-21)31-22-6-3-2-4-7-22/h2-17H,1H3,(H,28,29,30). The van der Waals surface area contributed by atoms with Crippen molar-refractivity contribution in [2.45, 2.75) is 6.92 Å². The summed E-state index contributed by atoms with van der Waals surface area (Å²) in [5.74, 6) is 3.00. The molecule has 0 saturated heterocycles. The molecule has 5 rings (SSSR count). The van der Waals surface area contributed by atoms with Crippen LogP contribution < -0.4 is 10.1 Å². The number of benzene rings is 2. The molecule has 0 fully saturated rings. The molecule has 0 amide bonds. The summed E-state index contributed by atoms with van der Waals surface area (Å²) in [4.78, 5) is 14.8. The average Bonchev–Trinajstić information content (AvgIpc) is 3.36. The molecule has 5 aromatic rings. The van der Waals surface area contributed by atoms with Gasteiger partial charge in [-0.2, -0.15) is 0 Å². The molecule has 0 spiro atoms. The number of aryl methyl sites for hydroxylation is 1. The topological polar surface area (TPSA) is 59.9 Å². The monoisotopic (exact) mass is 436 g/mol. The molecular weight excluding hydrogens is 416 g/mol. The number of ether oxygens (including phenoxy) is 1. The Hall–Kier alpha value is -4.03. The molecule has 6 heteroatoms. The maximum Gasteiger partial charge on any atom is 0.134 e. The first kappa shape index (κ1) is 19.9. The number of aromatic nitrogens is 3. The van der Waals surface area contributed by atoms with Crippen LogP contribution in [0.1, 0.15) is 5.82 Å². The number of nitrogens with one attached hydrogen (secondary N) is 1. The van der Waals surface area contributed by atoms with Gasteiger partial charge >= 0.3 is 0 Å². The van der Waals surface area contributed by atoms with Crippen molar-refractivity contribution in [1.82, 2.24) is 15.0 Å². The summed E-state index contributed by atoms with van der Waals surface area (Å²) < 4.78 is 5.86. The van der Waals surface area contributed by atoms with Crippen molar-refractivity contribution in [3.63, 3.8) is 0 Å². The van der Waals surface area contributed by atoms with Gasteiger partial charge in [0.15, 0.2) is 0 Å². The molecule has 0 atom stereocenters. The molecule has 2 aromatic carbocycles. The normalized spacial score (nSPS) is 10.7. The smallest absolute Gasteiger partial charge is 0.134 e. The summed E-state index contributed by atoms with van der Waals surface area (Å²) >= 11 is 1.69. The maximum atomic E-state index is 5.86. The highest BCUT2D eigenvalue weighted by molar-refractivity contribution is 7.13. The highest BCUT2D eigenvalue weighted by atomic mass is 32.1. The molecule has 0 unspecified atom stereocenters. The van der Waals surface area contributed by atoms with Crippen LogP contribution in [0.15, 0.2) is 96.6 Å². The van der Waals surface area contributed by atoms with E-state index in [1.807, 2.05) is 86.0 Å². The van der Waals surface area contributed by atoms with Gasteiger partial charge in [0.25, 0.3) is 0 Å². The minimum absolute atomic E-state index is 0.690. The Morgan fingerprint density at radius 3 is 2.34 bits per heavy atom. The first-order valence-electron chi connectivity index (χ1n) is 10.2. The Kier molecular flexibility index (Phi) is 5.59. The molecule has 5 nitrogen and oxygen atoms in total. The number of pyridine rings is 1. The van der Waals surface area contributed by atoms with Crippen LogP contribution in [0.3, 0.4) is 0 Å². The van der Waals surface area contributed by atoms with Gasteiger partial charge in [-0.1, -0.05) is 24.3 Å². The largest absolute Gasteiger partial charge is 0.457 e. The molecule has 156 valence electrons. The number of anilines is 2. The third kappa shape index (κ3) is 4.66. The molecular formula is C26H20N4OS. The van der Waals surface area contributed by atoms with Crippen molar-refractivity contribution in [2.24, 2.45) is 0 Å². The summed E-state index contributed by atoms with van der Waals surface area (Å²) in [5.41, 5.74) is 3.78. The van der Waals surface area contributed by atoms with Crippen LogP contribution in [-0.2, 0) is 0 Å². The summed E-state index contributed by atoms with van der Waals surface area (Å²) in [6, 6.07) is 25.7. The van der Waals surface area contributed by atoms with Crippen molar-refractivity contribution in [1.29, 1.82) is 0 Å². The zero-order valence-corrected chi connectivity index (χ0v) is 18.2. The molecule has 0 aliphatic carbocycles.